The van der Waals surface area contributed by atoms with Gasteiger partial charge >= 0.3 is 0 Å². The van der Waals surface area contributed by atoms with Gasteiger partial charge in [-0.15, -0.1) is 0 Å². The summed E-state index contributed by atoms with van der Waals surface area (Å²) in [4.78, 5) is 29.1. The summed E-state index contributed by atoms with van der Waals surface area (Å²) < 4.78 is 0. The molecule has 1 aromatic heterocycles. The molecule has 102 valence electrons. The van der Waals surface area contributed by atoms with Crippen LogP contribution >= 0.6 is 0 Å². The molecule has 0 spiro atoms. The first-order valence-corrected chi connectivity index (χ1v) is 6.31. The van der Waals surface area contributed by atoms with Gasteiger partial charge in [-0.05, 0) is 30.7 Å². The third-order valence-electron chi connectivity index (χ3n) is 3.16. The second-order valence-electron chi connectivity index (χ2n) is 4.48. The topological polar surface area (TPSA) is 91.0 Å². The van der Waals surface area contributed by atoms with Gasteiger partial charge < -0.3 is 4.90 Å². The van der Waals surface area contributed by atoms with E-state index in [0.29, 0.717) is 17.9 Å². The van der Waals surface area contributed by atoms with Crippen molar-refractivity contribution in [3.8, 4) is 0 Å². The van der Waals surface area contributed by atoms with Crippen LogP contribution in [0.25, 0.3) is 0 Å². The largest absolute Gasteiger partial charge is 0.312 e. The van der Waals surface area contributed by atoms with Crippen LogP contribution in [-0.4, -0.2) is 33.5 Å². The van der Waals surface area contributed by atoms with E-state index in [1.54, 1.807) is 29.2 Å². The van der Waals surface area contributed by atoms with Gasteiger partial charge in [-0.3, -0.25) is 14.9 Å². The number of hydrogen-bond acceptors (Lipinski definition) is 4. The van der Waals surface area contributed by atoms with E-state index in [1.165, 1.54) is 6.33 Å². The molecule has 1 saturated heterocycles. The molecule has 2 aromatic rings. The van der Waals surface area contributed by atoms with Crippen molar-refractivity contribution in [2.45, 2.75) is 12.8 Å². The average Bonchev–Trinajstić information content (AvgIpc) is 3.10. The molecule has 2 amide bonds. The lowest BCUT2D eigenvalue weighted by molar-refractivity contribution is -0.117. The van der Waals surface area contributed by atoms with Crippen molar-refractivity contribution in [1.82, 2.24) is 15.2 Å². The molecule has 20 heavy (non-hydrogen) atoms. The highest BCUT2D eigenvalue weighted by atomic mass is 16.2. The first kappa shape index (κ1) is 12.3. The third kappa shape index (κ3) is 2.37. The zero-order valence-electron chi connectivity index (χ0n) is 10.7. The summed E-state index contributed by atoms with van der Waals surface area (Å²) in [5.74, 6) is 0.152. The van der Waals surface area contributed by atoms with Crippen molar-refractivity contribution in [3.63, 3.8) is 0 Å². The maximum Gasteiger partial charge on any atom is 0.258 e. The van der Waals surface area contributed by atoms with E-state index >= 15 is 0 Å². The highest BCUT2D eigenvalue weighted by molar-refractivity contribution is 6.04. The summed E-state index contributed by atoms with van der Waals surface area (Å²) in [6.07, 6.45) is 2.79. The van der Waals surface area contributed by atoms with E-state index in [2.05, 4.69) is 20.5 Å². The fourth-order valence-electron chi connectivity index (χ4n) is 2.16. The number of benzene rings is 1. The van der Waals surface area contributed by atoms with Gasteiger partial charge in [0.1, 0.15) is 6.33 Å². The molecule has 1 aromatic carbocycles. The van der Waals surface area contributed by atoms with E-state index in [0.717, 1.165) is 18.7 Å². The molecule has 0 saturated carbocycles. The number of aromatic nitrogens is 3. The third-order valence-corrected chi connectivity index (χ3v) is 3.16. The van der Waals surface area contributed by atoms with Crippen LogP contribution in [-0.2, 0) is 4.79 Å². The predicted molar refractivity (Wildman–Crippen MR) is 72.4 cm³/mol. The summed E-state index contributed by atoms with van der Waals surface area (Å²) in [5.41, 5.74) is 1.32. The van der Waals surface area contributed by atoms with E-state index in [-0.39, 0.29) is 11.8 Å². The Bertz CT molecular complexity index is 621. The average molecular weight is 271 g/mol. The molecule has 0 aliphatic carbocycles. The molecular weight excluding hydrogens is 258 g/mol. The van der Waals surface area contributed by atoms with Gasteiger partial charge in [-0.2, -0.15) is 10.1 Å². The quantitative estimate of drug-likeness (QED) is 0.877. The van der Waals surface area contributed by atoms with Crippen molar-refractivity contribution >= 4 is 23.5 Å². The SMILES string of the molecule is O=C(Nc1ncn[nH]1)c1ccc(N2CCCC2=O)cc1. The number of H-pyrrole nitrogens is 1. The lowest BCUT2D eigenvalue weighted by Gasteiger charge is -2.15. The highest BCUT2D eigenvalue weighted by Crippen LogP contribution is 2.21. The number of carbonyl (C=O) groups is 2. The van der Waals surface area contributed by atoms with Crippen molar-refractivity contribution < 1.29 is 9.59 Å². The van der Waals surface area contributed by atoms with Crippen LogP contribution in [0.3, 0.4) is 0 Å². The Morgan fingerprint density at radius 1 is 1.30 bits per heavy atom. The first-order chi connectivity index (χ1) is 9.74. The fourth-order valence-corrected chi connectivity index (χ4v) is 2.16. The summed E-state index contributed by atoms with van der Waals surface area (Å²) in [5, 5.41) is 8.79. The van der Waals surface area contributed by atoms with Gasteiger partial charge in [0, 0.05) is 24.2 Å². The number of aromatic amines is 1. The fraction of sp³-hybridized carbons (Fsp3) is 0.231. The van der Waals surface area contributed by atoms with Crippen molar-refractivity contribution in [1.29, 1.82) is 0 Å². The molecule has 0 unspecified atom stereocenters. The Balaban J connectivity index is 1.72. The molecule has 1 fully saturated rings. The van der Waals surface area contributed by atoms with Gasteiger partial charge in [0.05, 0.1) is 0 Å². The summed E-state index contributed by atoms with van der Waals surface area (Å²) in [6.45, 7) is 0.739. The summed E-state index contributed by atoms with van der Waals surface area (Å²) >= 11 is 0. The van der Waals surface area contributed by atoms with Gasteiger partial charge in [0.25, 0.3) is 5.91 Å². The zero-order chi connectivity index (χ0) is 13.9. The van der Waals surface area contributed by atoms with Crippen LogP contribution in [0.15, 0.2) is 30.6 Å². The van der Waals surface area contributed by atoms with Gasteiger partial charge in [-0.1, -0.05) is 0 Å². The second-order valence-corrected chi connectivity index (χ2v) is 4.48. The maximum atomic E-state index is 11.9. The molecule has 3 rings (SSSR count). The normalized spacial score (nSPS) is 14.6. The zero-order valence-corrected chi connectivity index (χ0v) is 10.7. The van der Waals surface area contributed by atoms with E-state index in [4.69, 9.17) is 0 Å². The minimum absolute atomic E-state index is 0.129. The molecule has 0 radical (unpaired) electrons. The minimum atomic E-state index is -0.277. The van der Waals surface area contributed by atoms with Gasteiger partial charge in [-0.25, -0.2) is 5.10 Å². The van der Waals surface area contributed by atoms with Crippen molar-refractivity contribution in [3.05, 3.63) is 36.2 Å². The van der Waals surface area contributed by atoms with Crippen LogP contribution in [0.4, 0.5) is 11.6 Å². The standard InChI is InChI=1S/C13H13N5O2/c19-11-2-1-7-18(11)10-5-3-9(4-6-10)12(20)16-13-14-8-15-17-13/h3-6,8H,1-2,7H2,(H2,14,15,16,17,20). The molecule has 0 atom stereocenters. The van der Waals surface area contributed by atoms with Crippen molar-refractivity contribution in [2.24, 2.45) is 0 Å². The number of anilines is 2. The van der Waals surface area contributed by atoms with Crippen LogP contribution in [0.1, 0.15) is 23.2 Å². The van der Waals surface area contributed by atoms with Crippen LogP contribution in [0.5, 0.6) is 0 Å². The molecule has 1 aliphatic heterocycles. The Morgan fingerprint density at radius 2 is 2.10 bits per heavy atom. The Morgan fingerprint density at radius 3 is 2.70 bits per heavy atom. The van der Waals surface area contributed by atoms with Gasteiger partial charge in [0.2, 0.25) is 11.9 Å². The van der Waals surface area contributed by atoms with Crippen LogP contribution in [0.2, 0.25) is 0 Å². The van der Waals surface area contributed by atoms with Crippen LogP contribution in [0, 0.1) is 0 Å². The minimum Gasteiger partial charge on any atom is -0.312 e. The smallest absolute Gasteiger partial charge is 0.258 e. The predicted octanol–water partition coefficient (Wildman–Crippen LogP) is 1.18. The number of carbonyl (C=O) groups excluding carboxylic acids is 2. The summed E-state index contributed by atoms with van der Waals surface area (Å²) in [7, 11) is 0. The van der Waals surface area contributed by atoms with Crippen LogP contribution < -0.4 is 10.2 Å². The molecule has 0 bridgehead atoms. The second kappa shape index (κ2) is 5.12. The number of rotatable bonds is 3. The molecule has 7 nitrogen and oxygen atoms in total. The molecule has 2 heterocycles. The lowest BCUT2D eigenvalue weighted by Crippen LogP contribution is -2.23. The molecule has 2 N–H and O–H groups in total. The van der Waals surface area contributed by atoms with E-state index in [1.807, 2.05) is 0 Å². The molecule has 7 heteroatoms. The Labute approximate surface area is 115 Å². The maximum absolute atomic E-state index is 11.9. The Hall–Kier alpha value is -2.70. The van der Waals surface area contributed by atoms with Crippen molar-refractivity contribution in [2.75, 3.05) is 16.8 Å². The van der Waals surface area contributed by atoms with E-state index < -0.39 is 0 Å². The molecular formula is C13H13N5O2. The number of amides is 2. The van der Waals surface area contributed by atoms with Gasteiger partial charge in [0.15, 0.2) is 0 Å². The number of nitrogens with zero attached hydrogens (tertiary/aromatic N) is 3. The molecule has 1 aliphatic rings. The van der Waals surface area contributed by atoms with E-state index in [9.17, 15) is 9.59 Å². The monoisotopic (exact) mass is 271 g/mol. The summed E-state index contributed by atoms with van der Waals surface area (Å²) in [6, 6.07) is 6.93. The number of hydrogen-bond donors (Lipinski definition) is 2. The number of nitrogens with one attached hydrogen (secondary N) is 2. The lowest BCUT2D eigenvalue weighted by atomic mass is 10.2. The Kier molecular flexibility index (Phi) is 3.16. The highest BCUT2D eigenvalue weighted by Gasteiger charge is 2.21. The first-order valence-electron chi connectivity index (χ1n) is 6.31.